The van der Waals surface area contributed by atoms with Crippen LogP contribution in [-0.2, 0) is 42.7 Å². The number of nitrogens with zero attached hydrogens (tertiary/aromatic N) is 7. The average molecular weight is 1710 g/mol. The summed E-state index contributed by atoms with van der Waals surface area (Å²) in [6, 6.07) is 36.5. The number of nitriles is 1. The molecule has 0 bridgehead atoms. The van der Waals surface area contributed by atoms with Crippen molar-refractivity contribution in [2.45, 2.75) is 195 Å². The summed E-state index contributed by atoms with van der Waals surface area (Å²) < 4.78 is 113. The van der Waals surface area contributed by atoms with Gasteiger partial charge in [0.2, 0.25) is 5.91 Å². The highest BCUT2D eigenvalue weighted by molar-refractivity contribution is 6.32. The molecule has 0 aliphatic carbocycles. The van der Waals surface area contributed by atoms with Crippen molar-refractivity contribution in [3.63, 3.8) is 0 Å². The van der Waals surface area contributed by atoms with Crippen molar-refractivity contribution in [3.05, 3.63) is 230 Å². The van der Waals surface area contributed by atoms with E-state index < -0.39 is 78.1 Å². The lowest BCUT2D eigenvalue weighted by Gasteiger charge is -2.21. The lowest BCUT2D eigenvalue weighted by atomic mass is 10.0. The second kappa shape index (κ2) is 42.3. The molecular weight excluding hydrogens is 1600 g/mol. The van der Waals surface area contributed by atoms with Crippen molar-refractivity contribution in [2.24, 2.45) is 11.7 Å². The van der Waals surface area contributed by atoms with Gasteiger partial charge >= 0.3 is 12.4 Å². The summed E-state index contributed by atoms with van der Waals surface area (Å²) in [5.74, 6) is -1.16. The van der Waals surface area contributed by atoms with Crippen molar-refractivity contribution in [1.82, 2.24) is 49.8 Å². The van der Waals surface area contributed by atoms with Gasteiger partial charge in [0.05, 0.1) is 50.9 Å². The lowest BCUT2D eigenvalue weighted by molar-refractivity contribution is -0.189. The first kappa shape index (κ1) is 94.6. The average Bonchev–Trinajstić information content (AvgIpc) is 1.65. The largest absolute Gasteiger partial charge is 0.490 e. The van der Waals surface area contributed by atoms with Crippen LogP contribution in [0.3, 0.4) is 0 Å². The summed E-state index contributed by atoms with van der Waals surface area (Å²) in [7, 11) is 0. The first-order valence-corrected chi connectivity index (χ1v) is 39.8. The Morgan fingerprint density at radius 2 is 1.06 bits per heavy atom. The number of aliphatic hydroxyl groups is 4. The molecule has 642 valence electrons. The van der Waals surface area contributed by atoms with Crippen LogP contribution in [0.5, 0.6) is 17.2 Å². The van der Waals surface area contributed by atoms with E-state index in [2.05, 4.69) is 37.3 Å². The van der Waals surface area contributed by atoms with Crippen LogP contribution >= 0.6 is 23.2 Å². The first-order valence-electron chi connectivity index (χ1n) is 39.0. The normalized spacial score (nSPS) is 13.5. The summed E-state index contributed by atoms with van der Waals surface area (Å²) >= 11 is 12.1. The maximum Gasteiger partial charge on any atom is 0.425 e. The van der Waals surface area contributed by atoms with Crippen LogP contribution in [0.15, 0.2) is 158 Å². The van der Waals surface area contributed by atoms with E-state index in [0.717, 1.165) is 58.7 Å². The fraction of sp³-hybridized carbons (Fsp3) is 0.386. The van der Waals surface area contributed by atoms with E-state index in [1.165, 1.54) is 48.5 Å². The summed E-state index contributed by atoms with van der Waals surface area (Å²) in [5.41, 5.74) is 13.9. The van der Waals surface area contributed by atoms with Crippen LogP contribution < -0.4 is 41.2 Å². The topological polar surface area (TPSA) is 328 Å². The standard InChI is InChI=1S/C31H34N6O3.C29H35ClF3N3O4.C28H32ClF4N3O4/c1-19(2)40-28-12-11-24(15-25(28)16-32)31(39)35-26(17-34-30(38)21(4)33)14-22-7-9-23(10-8-22)27-18-37-13-5-6-20(3)29(37)36-27;1-5-36-16-24(35-27(36)26(38)17(2)3)20-8-6-19(7-9-20)14-22(12-13-37)34-28(39)21-10-11-25(23(30)15-21)40-18(4)29(31,32)33;1-5-36-15-23(35-26(36)27(3,4)39)20-8-6-17(13-22(20)30)12-19(10-11-37)34-25(38)18-7-9-24(21(29)14-18)40-16(2)28(31,32)33/h5-13,15,18-19,21,26H,14,17,33H2,1-4H3,(H,34,38)(H,35,39);6-11,15-18,22,26,37-38H,5,12-14H2,1-4H3,(H,34,39);6-9,13-16,19,37,39H,5,10-12H2,1-4H3,(H,34,38). The minimum Gasteiger partial charge on any atom is -0.490 e. The zero-order valence-corrected chi connectivity index (χ0v) is 70.0. The van der Waals surface area contributed by atoms with E-state index in [4.69, 9.17) is 48.1 Å². The monoisotopic (exact) mass is 1700 g/mol. The zero-order valence-electron chi connectivity index (χ0n) is 68.5. The molecule has 4 aromatic heterocycles. The minimum absolute atomic E-state index is 0.0296. The summed E-state index contributed by atoms with van der Waals surface area (Å²) in [4.78, 5) is 64.9. The molecule has 120 heavy (non-hydrogen) atoms. The molecule has 0 radical (unpaired) electrons. The van der Waals surface area contributed by atoms with E-state index in [-0.39, 0.29) is 100 Å². The van der Waals surface area contributed by atoms with Gasteiger partial charge in [0.15, 0.2) is 12.2 Å². The molecule has 10 N–H and O–H groups in total. The lowest BCUT2D eigenvalue weighted by Crippen LogP contribution is -2.48. The molecule has 4 heterocycles. The maximum absolute atomic E-state index is 15.1. The maximum atomic E-state index is 15.1. The molecule has 23 nitrogen and oxygen atoms in total. The quantitative estimate of drug-likeness (QED) is 0.0173. The molecule has 10 rings (SSSR count). The van der Waals surface area contributed by atoms with E-state index in [1.54, 1.807) is 55.8 Å². The predicted molar refractivity (Wildman–Crippen MR) is 444 cm³/mol. The molecule has 0 aliphatic rings. The van der Waals surface area contributed by atoms with E-state index >= 15 is 4.39 Å². The number of ether oxygens (including phenoxy) is 3. The molecule has 0 saturated heterocycles. The molecule has 6 aromatic carbocycles. The number of pyridine rings is 1. The highest BCUT2D eigenvalue weighted by Gasteiger charge is 2.40. The zero-order chi connectivity index (χ0) is 88.3. The summed E-state index contributed by atoms with van der Waals surface area (Å²) in [6.45, 7) is 21.1. The SMILES string of the molecule is CCn1cc(-c2ccc(CC(CCO)NC(=O)c3ccc(OC(C)C(F)(F)F)c(Cl)c3)cc2)nc1C(O)C(C)C.CCn1cc(-c2ccc(CC(CCO)NC(=O)c3ccc(OC(C)C(F)(F)F)c(Cl)c3)cc2F)nc1C(C)(C)O.Cc1cccn2cc(-c3ccc(CC(CNC(=O)C(C)N)NC(=O)c4ccc(OC(C)C)c(C#N)c4)cc3)nc12. The van der Waals surface area contributed by atoms with Gasteiger partial charge in [0.25, 0.3) is 17.7 Å². The summed E-state index contributed by atoms with van der Waals surface area (Å²) in [6.07, 6.45) is -4.93. The van der Waals surface area contributed by atoms with Crippen molar-refractivity contribution >= 4 is 52.5 Å². The number of fused-ring (bicyclic) bond motifs is 1. The smallest absolute Gasteiger partial charge is 0.425 e. The van der Waals surface area contributed by atoms with Gasteiger partial charge in [-0.1, -0.05) is 97.7 Å². The number of rotatable bonds is 33. The molecular formula is C88H101Cl2F7N12O11. The number of nitrogens with one attached hydrogen (secondary N) is 4. The Labute approximate surface area is 702 Å². The third-order valence-electron chi connectivity index (χ3n) is 19.2. The number of hydrogen-bond donors (Lipinski definition) is 9. The van der Waals surface area contributed by atoms with Gasteiger partial charge in [-0.15, -0.1) is 0 Å². The molecule has 7 atom stereocenters. The number of benzene rings is 6. The van der Waals surface area contributed by atoms with Crippen molar-refractivity contribution < 1.29 is 84.5 Å². The third-order valence-corrected chi connectivity index (χ3v) is 19.8. The Balaban J connectivity index is 0.000000224. The highest BCUT2D eigenvalue weighted by atomic mass is 35.5. The van der Waals surface area contributed by atoms with Gasteiger partial charge in [0.1, 0.15) is 58.1 Å². The van der Waals surface area contributed by atoms with Crippen LogP contribution in [0.2, 0.25) is 10.0 Å². The highest BCUT2D eigenvalue weighted by Crippen LogP contribution is 2.35. The fourth-order valence-corrected chi connectivity index (χ4v) is 13.0. The molecule has 0 aliphatic heterocycles. The predicted octanol–water partition coefficient (Wildman–Crippen LogP) is 15.4. The van der Waals surface area contributed by atoms with Crippen LogP contribution in [-0.4, -0.2) is 147 Å². The molecule has 32 heteroatoms. The molecule has 0 fully saturated rings. The number of aliphatic hydroxyl groups excluding tert-OH is 3. The molecule has 10 aromatic rings. The fourth-order valence-electron chi connectivity index (χ4n) is 12.5. The number of halogens is 9. The van der Waals surface area contributed by atoms with Gasteiger partial charge in [-0.2, -0.15) is 31.6 Å². The number of amides is 4. The van der Waals surface area contributed by atoms with Crippen LogP contribution in [0.25, 0.3) is 39.4 Å². The Morgan fingerprint density at radius 3 is 1.49 bits per heavy atom. The van der Waals surface area contributed by atoms with Gasteiger partial charge < -0.3 is 75.2 Å². The number of hydrogen-bond acceptors (Lipinski definition) is 16. The van der Waals surface area contributed by atoms with Gasteiger partial charge in [-0.3, -0.25) is 19.2 Å². The summed E-state index contributed by atoms with van der Waals surface area (Å²) in [5, 5.41) is 60.6. The van der Waals surface area contributed by atoms with Crippen molar-refractivity contribution in [2.75, 3.05) is 19.8 Å². The third kappa shape index (κ3) is 26.3. The van der Waals surface area contributed by atoms with Gasteiger partial charge in [-0.05, 0) is 202 Å². The number of aromatic nitrogens is 6. The number of carbonyl (C=O) groups is 4. The molecule has 0 saturated carbocycles. The Morgan fingerprint density at radius 1 is 0.592 bits per heavy atom. The second-order valence-corrected chi connectivity index (χ2v) is 30.9. The van der Waals surface area contributed by atoms with Gasteiger partial charge in [-0.25, -0.2) is 19.3 Å². The van der Waals surface area contributed by atoms with Crippen LogP contribution in [0.1, 0.15) is 166 Å². The van der Waals surface area contributed by atoms with Crippen molar-refractivity contribution in [3.8, 4) is 57.1 Å². The Hall–Kier alpha value is -10.9. The Kier molecular flexibility index (Phi) is 33.4. The van der Waals surface area contributed by atoms with Crippen LogP contribution in [0, 0.1) is 30.0 Å². The van der Waals surface area contributed by atoms with E-state index in [0.29, 0.717) is 66.6 Å². The number of carbonyl (C=O) groups excluding carboxylic acids is 4. The molecule has 7 unspecified atom stereocenters. The Bertz CT molecular complexity index is 5180. The first-order chi connectivity index (χ1) is 56.6. The van der Waals surface area contributed by atoms with E-state index in [1.807, 2.05) is 137 Å². The van der Waals surface area contributed by atoms with Crippen LogP contribution in [0.4, 0.5) is 30.7 Å². The van der Waals surface area contributed by atoms with Gasteiger partial charge in [0, 0.05) is 103 Å². The molecule has 0 spiro atoms. The van der Waals surface area contributed by atoms with E-state index in [9.17, 15) is 71.2 Å². The number of nitrogens with two attached hydrogens (primary N) is 1. The minimum atomic E-state index is -4.58. The number of alkyl halides is 6. The number of aryl methyl sites for hydroxylation is 3. The van der Waals surface area contributed by atoms with Crippen molar-refractivity contribution in [1.29, 1.82) is 5.26 Å². The second-order valence-electron chi connectivity index (χ2n) is 30.1. The molecule has 4 amide bonds. The number of imidazole rings is 3.